The summed E-state index contributed by atoms with van der Waals surface area (Å²) in [7, 11) is 0. The summed E-state index contributed by atoms with van der Waals surface area (Å²) in [4.78, 5) is 0. The summed E-state index contributed by atoms with van der Waals surface area (Å²) in [5, 5.41) is 8.72. The lowest BCUT2D eigenvalue weighted by Crippen LogP contribution is -1.91. The maximum atomic E-state index is 8.72. The number of rotatable bonds is 2. The van der Waals surface area contributed by atoms with Crippen molar-refractivity contribution in [2.45, 2.75) is 12.8 Å². The molecule has 1 rings (SSSR count). The number of nitriles is 1. The van der Waals surface area contributed by atoms with E-state index in [-0.39, 0.29) is 5.92 Å². The summed E-state index contributed by atoms with van der Waals surface area (Å²) in [5.74, 6) is 0.266. The number of hydrogen-bond acceptors (Lipinski definition) is 1. The van der Waals surface area contributed by atoms with Gasteiger partial charge < -0.3 is 0 Å². The summed E-state index contributed by atoms with van der Waals surface area (Å²) >= 11 is 3.44. The zero-order valence-corrected chi connectivity index (χ0v) is 9.01. The number of nitrogens with zero attached hydrogens (tertiary/aromatic N) is 1. The fraction of sp³-hybridized carbons (Fsp3) is 0.182. The van der Waals surface area contributed by atoms with E-state index in [1.807, 2.05) is 25.1 Å². The van der Waals surface area contributed by atoms with Gasteiger partial charge in [-0.1, -0.05) is 28.9 Å². The van der Waals surface area contributed by atoms with Crippen molar-refractivity contribution in [1.82, 2.24) is 0 Å². The minimum absolute atomic E-state index is 0.266. The highest BCUT2D eigenvalue weighted by atomic mass is 79.9. The molecule has 0 saturated heterocycles. The van der Waals surface area contributed by atoms with E-state index in [0.717, 1.165) is 10.0 Å². The molecule has 13 heavy (non-hydrogen) atoms. The average Bonchev–Trinajstić information content (AvgIpc) is 2.17. The van der Waals surface area contributed by atoms with Crippen LogP contribution in [-0.4, -0.2) is 0 Å². The fourth-order valence-electron chi connectivity index (χ4n) is 1.09. The van der Waals surface area contributed by atoms with Crippen molar-refractivity contribution in [2.75, 3.05) is 0 Å². The van der Waals surface area contributed by atoms with Crippen molar-refractivity contribution in [3.05, 3.63) is 46.5 Å². The van der Waals surface area contributed by atoms with Gasteiger partial charge in [0.2, 0.25) is 0 Å². The number of halogens is 1. The van der Waals surface area contributed by atoms with Crippen molar-refractivity contribution < 1.29 is 0 Å². The van der Waals surface area contributed by atoms with Gasteiger partial charge in [0.05, 0.1) is 11.6 Å². The van der Waals surface area contributed by atoms with E-state index in [0.29, 0.717) is 5.56 Å². The molecule has 1 aromatic carbocycles. The Hall–Kier alpha value is -1.07. The topological polar surface area (TPSA) is 23.8 Å². The Labute approximate surface area is 86.8 Å². The van der Waals surface area contributed by atoms with Crippen molar-refractivity contribution >= 4 is 15.9 Å². The molecule has 0 aliphatic rings. The molecule has 0 spiro atoms. The minimum atomic E-state index is 0.266. The van der Waals surface area contributed by atoms with Crippen LogP contribution in [0.2, 0.25) is 0 Å². The Balaban J connectivity index is 3.20. The minimum Gasteiger partial charge on any atom is -0.192 e. The van der Waals surface area contributed by atoms with Crippen LogP contribution in [0.1, 0.15) is 24.0 Å². The van der Waals surface area contributed by atoms with E-state index >= 15 is 0 Å². The van der Waals surface area contributed by atoms with Gasteiger partial charge in [0.25, 0.3) is 0 Å². The number of hydrogen-bond donors (Lipinski definition) is 0. The molecule has 2 heteroatoms. The Morgan fingerprint density at radius 1 is 1.62 bits per heavy atom. The van der Waals surface area contributed by atoms with Crippen LogP contribution in [0.5, 0.6) is 0 Å². The predicted octanol–water partition coefficient (Wildman–Crippen LogP) is 3.61. The molecule has 1 aromatic rings. The summed E-state index contributed by atoms with van der Waals surface area (Å²) < 4.78 is 1.03. The van der Waals surface area contributed by atoms with Crippen LogP contribution < -0.4 is 0 Å². The molecular weight excluding hydrogens is 226 g/mol. The molecule has 0 heterocycles. The summed E-state index contributed by atoms with van der Waals surface area (Å²) in [5.41, 5.74) is 1.79. The molecule has 0 amide bonds. The van der Waals surface area contributed by atoms with Gasteiger partial charge in [-0.25, -0.2) is 0 Å². The molecule has 0 aliphatic heterocycles. The number of benzene rings is 1. The Kier molecular flexibility index (Phi) is 3.27. The first-order valence-corrected chi connectivity index (χ1v) is 4.80. The maximum Gasteiger partial charge on any atom is 0.0991 e. The smallest absolute Gasteiger partial charge is 0.0991 e. The molecule has 0 aliphatic carbocycles. The van der Waals surface area contributed by atoms with Crippen LogP contribution >= 0.6 is 15.9 Å². The molecule has 0 bridgehead atoms. The van der Waals surface area contributed by atoms with E-state index < -0.39 is 0 Å². The van der Waals surface area contributed by atoms with E-state index in [2.05, 4.69) is 28.6 Å². The lowest BCUT2D eigenvalue weighted by atomic mass is 10.00. The molecule has 1 unspecified atom stereocenters. The zero-order valence-electron chi connectivity index (χ0n) is 7.42. The van der Waals surface area contributed by atoms with Gasteiger partial charge in [-0.15, -0.1) is 6.58 Å². The first-order chi connectivity index (χ1) is 6.19. The van der Waals surface area contributed by atoms with Crippen LogP contribution in [-0.2, 0) is 0 Å². The quantitative estimate of drug-likeness (QED) is 0.719. The molecule has 0 aromatic heterocycles. The van der Waals surface area contributed by atoms with Crippen molar-refractivity contribution in [2.24, 2.45) is 0 Å². The molecular formula is C11H10BrN. The third-order valence-electron chi connectivity index (χ3n) is 1.97. The predicted molar refractivity (Wildman–Crippen MR) is 57.5 cm³/mol. The van der Waals surface area contributed by atoms with E-state index in [9.17, 15) is 0 Å². The van der Waals surface area contributed by atoms with Gasteiger partial charge >= 0.3 is 0 Å². The van der Waals surface area contributed by atoms with E-state index in [4.69, 9.17) is 5.26 Å². The third-order valence-corrected chi connectivity index (χ3v) is 2.69. The molecule has 0 saturated carbocycles. The summed E-state index contributed by atoms with van der Waals surface area (Å²) in [6.45, 7) is 5.78. The highest BCUT2D eigenvalue weighted by Crippen LogP contribution is 2.26. The maximum absolute atomic E-state index is 8.72. The Bertz CT molecular complexity index is 363. The first kappa shape index (κ1) is 10.0. The van der Waals surface area contributed by atoms with Crippen LogP contribution in [0.3, 0.4) is 0 Å². The van der Waals surface area contributed by atoms with E-state index in [1.54, 1.807) is 6.07 Å². The second-order valence-corrected chi connectivity index (χ2v) is 3.73. The monoisotopic (exact) mass is 235 g/mol. The lowest BCUT2D eigenvalue weighted by Gasteiger charge is -2.08. The first-order valence-electron chi connectivity index (χ1n) is 4.01. The largest absolute Gasteiger partial charge is 0.192 e. The van der Waals surface area contributed by atoms with Crippen LogP contribution in [0.15, 0.2) is 35.3 Å². The second-order valence-electron chi connectivity index (χ2n) is 2.87. The molecule has 66 valence electrons. The van der Waals surface area contributed by atoms with Gasteiger partial charge in [-0.3, -0.25) is 0 Å². The summed E-state index contributed by atoms with van der Waals surface area (Å²) in [6, 6.07) is 7.70. The Morgan fingerprint density at radius 2 is 2.31 bits per heavy atom. The SMILES string of the molecule is C=CC(C)c1cc(C#N)ccc1Br. The van der Waals surface area contributed by atoms with Crippen LogP contribution in [0.4, 0.5) is 0 Å². The van der Waals surface area contributed by atoms with E-state index in [1.165, 1.54) is 0 Å². The van der Waals surface area contributed by atoms with Gasteiger partial charge in [0, 0.05) is 4.47 Å². The highest BCUT2D eigenvalue weighted by molar-refractivity contribution is 9.10. The Morgan fingerprint density at radius 3 is 2.85 bits per heavy atom. The molecule has 1 nitrogen and oxygen atoms in total. The number of allylic oxidation sites excluding steroid dienone is 1. The lowest BCUT2D eigenvalue weighted by molar-refractivity contribution is 0.962. The van der Waals surface area contributed by atoms with Crippen LogP contribution in [0, 0.1) is 11.3 Å². The van der Waals surface area contributed by atoms with Gasteiger partial charge in [-0.05, 0) is 29.7 Å². The van der Waals surface area contributed by atoms with Crippen LogP contribution in [0.25, 0.3) is 0 Å². The van der Waals surface area contributed by atoms with Crippen molar-refractivity contribution in [1.29, 1.82) is 5.26 Å². The van der Waals surface area contributed by atoms with Gasteiger partial charge in [0.1, 0.15) is 0 Å². The standard InChI is InChI=1S/C11H10BrN/c1-3-8(2)10-6-9(7-13)4-5-11(10)12/h3-6,8H,1H2,2H3. The summed E-state index contributed by atoms with van der Waals surface area (Å²) in [6.07, 6.45) is 1.86. The van der Waals surface area contributed by atoms with Crippen molar-refractivity contribution in [3.8, 4) is 6.07 Å². The molecule has 0 fully saturated rings. The van der Waals surface area contributed by atoms with Gasteiger partial charge in [0.15, 0.2) is 0 Å². The van der Waals surface area contributed by atoms with Gasteiger partial charge in [-0.2, -0.15) is 5.26 Å². The normalized spacial score (nSPS) is 11.8. The second kappa shape index (κ2) is 4.25. The van der Waals surface area contributed by atoms with Crippen molar-refractivity contribution in [3.63, 3.8) is 0 Å². The zero-order chi connectivity index (χ0) is 9.84. The average molecular weight is 236 g/mol. The highest BCUT2D eigenvalue weighted by Gasteiger charge is 2.06. The molecule has 0 radical (unpaired) electrons. The fourth-order valence-corrected chi connectivity index (χ4v) is 1.70. The third kappa shape index (κ3) is 2.19. The molecule has 1 atom stereocenters. The molecule has 0 N–H and O–H groups in total.